The summed E-state index contributed by atoms with van der Waals surface area (Å²) in [7, 11) is 0. The van der Waals surface area contributed by atoms with Crippen molar-refractivity contribution < 1.29 is 14.1 Å². The highest BCUT2D eigenvalue weighted by molar-refractivity contribution is 6.05. The van der Waals surface area contributed by atoms with Gasteiger partial charge in [0.15, 0.2) is 0 Å². The van der Waals surface area contributed by atoms with Crippen molar-refractivity contribution >= 4 is 23.0 Å². The number of carbonyl (C=O) groups excluding carboxylic acids is 1. The van der Waals surface area contributed by atoms with Gasteiger partial charge in [0, 0.05) is 24.7 Å². The van der Waals surface area contributed by atoms with E-state index in [0.717, 1.165) is 38.8 Å². The van der Waals surface area contributed by atoms with E-state index < -0.39 is 16.6 Å². The van der Waals surface area contributed by atoms with Gasteiger partial charge < -0.3 is 10.2 Å². The molecule has 0 unspecified atom stereocenters. The Morgan fingerprint density at radius 2 is 1.77 bits per heavy atom. The Hall–Kier alpha value is -2.96. The lowest BCUT2D eigenvalue weighted by Gasteiger charge is -2.22. The van der Waals surface area contributed by atoms with Crippen LogP contribution in [0.3, 0.4) is 0 Å². The average Bonchev–Trinajstić information content (AvgIpc) is 2.92. The van der Waals surface area contributed by atoms with Gasteiger partial charge in [0.1, 0.15) is 11.5 Å². The summed E-state index contributed by atoms with van der Waals surface area (Å²) >= 11 is 0. The summed E-state index contributed by atoms with van der Waals surface area (Å²) in [6, 6.07) is 10.2. The maximum absolute atomic E-state index is 13.7. The summed E-state index contributed by atoms with van der Waals surface area (Å²) in [6.07, 6.45) is 4.22. The predicted octanol–water partition coefficient (Wildman–Crippen LogP) is 4.37. The van der Waals surface area contributed by atoms with E-state index in [2.05, 4.69) is 5.32 Å². The molecule has 136 valence electrons. The zero-order valence-corrected chi connectivity index (χ0v) is 14.3. The zero-order chi connectivity index (χ0) is 18.5. The van der Waals surface area contributed by atoms with E-state index in [1.165, 1.54) is 24.3 Å². The molecule has 1 aliphatic heterocycles. The number of nitrogens with zero attached hydrogens (tertiary/aromatic N) is 2. The van der Waals surface area contributed by atoms with Gasteiger partial charge in [-0.25, -0.2) is 4.39 Å². The molecule has 1 saturated heterocycles. The first-order valence-electron chi connectivity index (χ1n) is 8.65. The fourth-order valence-electron chi connectivity index (χ4n) is 3.15. The first-order chi connectivity index (χ1) is 12.6. The summed E-state index contributed by atoms with van der Waals surface area (Å²) in [5, 5.41) is 14.0. The molecule has 7 heteroatoms. The van der Waals surface area contributed by atoms with Gasteiger partial charge in [-0.2, -0.15) is 0 Å². The molecule has 0 bridgehead atoms. The Balaban J connectivity index is 1.87. The zero-order valence-electron chi connectivity index (χ0n) is 14.3. The molecular weight excluding hydrogens is 337 g/mol. The second-order valence-corrected chi connectivity index (χ2v) is 6.30. The van der Waals surface area contributed by atoms with E-state index in [4.69, 9.17) is 0 Å². The van der Waals surface area contributed by atoms with Crippen LogP contribution in [-0.4, -0.2) is 23.9 Å². The van der Waals surface area contributed by atoms with Gasteiger partial charge in [-0.3, -0.25) is 14.9 Å². The molecule has 6 nitrogen and oxygen atoms in total. The van der Waals surface area contributed by atoms with Crippen molar-refractivity contribution in [2.24, 2.45) is 0 Å². The first kappa shape index (κ1) is 17.8. The van der Waals surface area contributed by atoms with E-state index in [9.17, 15) is 19.3 Å². The molecule has 2 aromatic carbocycles. The molecule has 3 rings (SSSR count). The molecule has 1 N–H and O–H groups in total. The number of anilines is 2. The van der Waals surface area contributed by atoms with Crippen LogP contribution in [0.4, 0.5) is 21.5 Å². The summed E-state index contributed by atoms with van der Waals surface area (Å²) < 4.78 is 13.7. The molecule has 0 atom stereocenters. The van der Waals surface area contributed by atoms with E-state index in [1.807, 2.05) is 4.90 Å². The molecule has 26 heavy (non-hydrogen) atoms. The van der Waals surface area contributed by atoms with E-state index in [0.29, 0.717) is 5.69 Å². The highest BCUT2D eigenvalue weighted by Crippen LogP contribution is 2.31. The highest BCUT2D eigenvalue weighted by atomic mass is 19.1. The average molecular weight is 357 g/mol. The van der Waals surface area contributed by atoms with Gasteiger partial charge in [-0.05, 0) is 37.1 Å². The van der Waals surface area contributed by atoms with Crippen molar-refractivity contribution in [3.8, 4) is 0 Å². The molecule has 1 fully saturated rings. The van der Waals surface area contributed by atoms with Crippen LogP contribution in [0.1, 0.15) is 36.0 Å². The number of benzene rings is 2. The molecule has 0 saturated carbocycles. The van der Waals surface area contributed by atoms with Crippen LogP contribution in [0.2, 0.25) is 0 Å². The van der Waals surface area contributed by atoms with Gasteiger partial charge in [0.2, 0.25) is 0 Å². The molecule has 0 spiro atoms. The molecule has 1 amide bonds. The molecule has 1 aliphatic rings. The third-order valence-corrected chi connectivity index (χ3v) is 4.50. The topological polar surface area (TPSA) is 75.5 Å². The number of nitrogens with one attached hydrogen (secondary N) is 1. The molecular formula is C19H20FN3O3. The minimum Gasteiger partial charge on any atom is -0.366 e. The number of carbonyl (C=O) groups is 1. The number of amides is 1. The van der Waals surface area contributed by atoms with E-state index in [1.54, 1.807) is 18.2 Å². The van der Waals surface area contributed by atoms with E-state index in [-0.39, 0.29) is 16.9 Å². The third kappa shape index (κ3) is 3.99. The number of hydrogen-bond donors (Lipinski definition) is 1. The highest BCUT2D eigenvalue weighted by Gasteiger charge is 2.23. The number of nitro benzene ring substituents is 1. The monoisotopic (exact) mass is 357 g/mol. The standard InChI is InChI=1S/C19H20FN3O3/c20-15-7-3-4-8-16(15)21-19(24)14-9-10-17(18(13-14)23(25)26)22-11-5-1-2-6-12-22/h3-4,7-10,13H,1-2,5-6,11-12H2,(H,21,24). The van der Waals surface area contributed by atoms with Crippen LogP contribution >= 0.6 is 0 Å². The van der Waals surface area contributed by atoms with Crippen molar-refractivity contribution in [1.82, 2.24) is 0 Å². The summed E-state index contributed by atoms with van der Waals surface area (Å²) in [5.41, 5.74) is 0.586. The van der Waals surface area contributed by atoms with Crippen LogP contribution in [0.5, 0.6) is 0 Å². The Bertz CT molecular complexity index is 817. The van der Waals surface area contributed by atoms with Crippen LogP contribution in [0, 0.1) is 15.9 Å². The van der Waals surface area contributed by atoms with Gasteiger partial charge in [-0.15, -0.1) is 0 Å². The van der Waals surface area contributed by atoms with Crippen molar-refractivity contribution in [3.05, 3.63) is 64.0 Å². The fraction of sp³-hybridized carbons (Fsp3) is 0.316. The van der Waals surface area contributed by atoms with Gasteiger partial charge in [-0.1, -0.05) is 25.0 Å². The second kappa shape index (κ2) is 7.95. The van der Waals surface area contributed by atoms with Crippen molar-refractivity contribution in [2.75, 3.05) is 23.3 Å². The predicted molar refractivity (Wildman–Crippen MR) is 98.1 cm³/mol. The van der Waals surface area contributed by atoms with Crippen LogP contribution in [-0.2, 0) is 0 Å². The number of nitro groups is 1. The Morgan fingerprint density at radius 1 is 1.08 bits per heavy atom. The lowest BCUT2D eigenvalue weighted by molar-refractivity contribution is -0.384. The van der Waals surface area contributed by atoms with Crippen molar-refractivity contribution in [1.29, 1.82) is 0 Å². The fourth-order valence-corrected chi connectivity index (χ4v) is 3.15. The number of halogens is 1. The van der Waals surface area contributed by atoms with Crippen LogP contribution in [0.15, 0.2) is 42.5 Å². The Kier molecular flexibility index (Phi) is 5.46. The van der Waals surface area contributed by atoms with Crippen molar-refractivity contribution in [2.45, 2.75) is 25.7 Å². The molecule has 0 radical (unpaired) electrons. The van der Waals surface area contributed by atoms with Gasteiger partial charge in [0.05, 0.1) is 10.6 Å². The second-order valence-electron chi connectivity index (χ2n) is 6.30. The van der Waals surface area contributed by atoms with Crippen LogP contribution in [0.25, 0.3) is 0 Å². The molecule has 0 aromatic heterocycles. The SMILES string of the molecule is O=C(Nc1ccccc1F)c1ccc(N2CCCCCC2)c([N+](=O)[O-])c1. The minimum absolute atomic E-state index is 0.0387. The minimum atomic E-state index is -0.583. The quantitative estimate of drug-likeness (QED) is 0.651. The molecule has 0 aliphatic carbocycles. The van der Waals surface area contributed by atoms with Crippen LogP contribution < -0.4 is 10.2 Å². The lowest BCUT2D eigenvalue weighted by atomic mass is 10.1. The number of para-hydroxylation sites is 1. The van der Waals surface area contributed by atoms with Gasteiger partial charge in [0.25, 0.3) is 11.6 Å². The third-order valence-electron chi connectivity index (χ3n) is 4.50. The summed E-state index contributed by atoms with van der Waals surface area (Å²) in [6.45, 7) is 1.53. The molecule has 2 aromatic rings. The normalized spacial score (nSPS) is 14.6. The Morgan fingerprint density at radius 3 is 2.42 bits per heavy atom. The number of hydrogen-bond acceptors (Lipinski definition) is 4. The lowest BCUT2D eigenvalue weighted by Crippen LogP contribution is -2.25. The maximum atomic E-state index is 13.7. The number of rotatable bonds is 4. The summed E-state index contributed by atoms with van der Waals surface area (Å²) in [4.78, 5) is 25.4. The van der Waals surface area contributed by atoms with Crippen molar-refractivity contribution in [3.63, 3.8) is 0 Å². The summed E-state index contributed by atoms with van der Waals surface area (Å²) in [5.74, 6) is -1.14. The first-order valence-corrected chi connectivity index (χ1v) is 8.65. The largest absolute Gasteiger partial charge is 0.366 e. The van der Waals surface area contributed by atoms with Gasteiger partial charge >= 0.3 is 0 Å². The Labute approximate surface area is 150 Å². The maximum Gasteiger partial charge on any atom is 0.293 e. The smallest absolute Gasteiger partial charge is 0.293 e. The van der Waals surface area contributed by atoms with E-state index >= 15 is 0 Å². The molecule has 1 heterocycles.